The second-order valence-corrected chi connectivity index (χ2v) is 14.4. The van der Waals surface area contributed by atoms with E-state index in [4.69, 9.17) is 29.2 Å². The minimum Gasteiger partial charge on any atom is -0.394 e. The molecule has 4 N–H and O–H groups in total. The number of aliphatic hydroxyl groups is 2. The molecular formula is C29H66ClNO5Si. The Morgan fingerprint density at radius 1 is 0.730 bits per heavy atom. The molecule has 6 nitrogen and oxygen atoms in total. The van der Waals surface area contributed by atoms with Crippen molar-refractivity contribution >= 4 is 21.2 Å². The first-order valence-electron chi connectivity index (χ1n) is 14.8. The molecule has 228 valence electrons. The molecule has 0 aliphatic carbocycles. The lowest BCUT2D eigenvalue weighted by Crippen LogP contribution is -2.42. The Bertz CT molecular complexity index is 440. The van der Waals surface area contributed by atoms with E-state index in [1.807, 2.05) is 0 Å². The molecule has 0 amide bonds. The molecule has 0 saturated heterocycles. The molecule has 0 radical (unpaired) electrons. The topological polar surface area (TPSA) is 94.2 Å². The van der Waals surface area contributed by atoms with E-state index in [1.54, 1.807) is 21.3 Å². The number of nitrogens with two attached hydrogens (primary N) is 1. The Hall–Kier alpha value is 0.267. The van der Waals surface area contributed by atoms with E-state index in [-0.39, 0.29) is 24.6 Å². The molecule has 37 heavy (non-hydrogen) atoms. The van der Waals surface area contributed by atoms with Crippen LogP contribution in [0.15, 0.2) is 0 Å². The quantitative estimate of drug-likeness (QED) is 0.0813. The third-order valence-corrected chi connectivity index (χ3v) is 9.66. The van der Waals surface area contributed by atoms with Gasteiger partial charge in [0.05, 0.1) is 12.7 Å². The van der Waals surface area contributed by atoms with Crippen LogP contribution in [-0.4, -0.2) is 58.6 Å². The molecule has 0 aromatic rings. The second kappa shape index (κ2) is 27.8. The zero-order valence-corrected chi connectivity index (χ0v) is 27.5. The summed E-state index contributed by atoms with van der Waals surface area (Å²) in [6.45, 7) is 7.99. The maximum atomic E-state index is 8.11. The van der Waals surface area contributed by atoms with Gasteiger partial charge in [-0.15, -0.1) is 12.4 Å². The average molecular weight is 572 g/mol. The normalized spacial score (nSPS) is 13.5. The highest BCUT2D eigenvalue weighted by atomic mass is 35.5. The molecule has 0 aliphatic rings. The Balaban J connectivity index is -0.00000174. The SMILES string of the molecule is CC(O)CO.CCCCCCCCCCCCCCCC(CCC[Si](OC)(OC)OC)CC(C)(C)N.Cl. The van der Waals surface area contributed by atoms with Crippen molar-refractivity contribution in [2.75, 3.05) is 27.9 Å². The summed E-state index contributed by atoms with van der Waals surface area (Å²) in [7, 11) is 2.66. The van der Waals surface area contributed by atoms with Crippen LogP contribution in [0.25, 0.3) is 0 Å². The van der Waals surface area contributed by atoms with Crippen molar-refractivity contribution in [2.24, 2.45) is 11.7 Å². The lowest BCUT2D eigenvalue weighted by molar-refractivity contribution is 0.110. The van der Waals surface area contributed by atoms with E-state index in [0.29, 0.717) is 5.92 Å². The van der Waals surface area contributed by atoms with Crippen molar-refractivity contribution < 1.29 is 23.5 Å². The molecule has 8 heteroatoms. The summed E-state index contributed by atoms with van der Waals surface area (Å²) in [5, 5.41) is 16.0. The van der Waals surface area contributed by atoms with Crippen molar-refractivity contribution in [1.82, 2.24) is 0 Å². The number of aliphatic hydroxyl groups excluding tert-OH is 2. The molecule has 0 bridgehead atoms. The number of hydrogen-bond donors (Lipinski definition) is 3. The molecule has 0 aromatic carbocycles. The van der Waals surface area contributed by atoms with Gasteiger partial charge in [0.25, 0.3) is 0 Å². The largest absolute Gasteiger partial charge is 0.500 e. The molecule has 0 aliphatic heterocycles. The van der Waals surface area contributed by atoms with Crippen LogP contribution < -0.4 is 5.73 Å². The minimum atomic E-state index is -2.45. The van der Waals surface area contributed by atoms with Crippen LogP contribution in [0, 0.1) is 5.92 Å². The predicted molar refractivity (Wildman–Crippen MR) is 164 cm³/mol. The molecule has 2 atom stereocenters. The predicted octanol–water partition coefficient (Wildman–Crippen LogP) is 7.65. The fourth-order valence-electron chi connectivity index (χ4n) is 4.71. The molecule has 0 saturated carbocycles. The van der Waals surface area contributed by atoms with Crippen LogP contribution in [-0.2, 0) is 13.3 Å². The van der Waals surface area contributed by atoms with Gasteiger partial charge in [0.2, 0.25) is 0 Å². The van der Waals surface area contributed by atoms with E-state index < -0.39 is 14.9 Å². The van der Waals surface area contributed by atoms with Crippen molar-refractivity contribution in [3.05, 3.63) is 0 Å². The number of hydrogen-bond acceptors (Lipinski definition) is 6. The Labute approximate surface area is 238 Å². The van der Waals surface area contributed by atoms with Gasteiger partial charge in [-0.1, -0.05) is 103 Å². The first-order chi connectivity index (χ1) is 17.1. The highest BCUT2D eigenvalue weighted by Crippen LogP contribution is 2.27. The lowest BCUT2D eigenvalue weighted by Gasteiger charge is -2.28. The molecule has 0 fully saturated rings. The van der Waals surface area contributed by atoms with Crippen molar-refractivity contribution in [2.45, 2.75) is 155 Å². The van der Waals surface area contributed by atoms with Crippen LogP contribution in [0.1, 0.15) is 137 Å². The van der Waals surface area contributed by atoms with Crippen molar-refractivity contribution in [3.63, 3.8) is 0 Å². The summed E-state index contributed by atoms with van der Waals surface area (Å²) in [4.78, 5) is 0. The highest BCUT2D eigenvalue weighted by Gasteiger charge is 2.37. The van der Waals surface area contributed by atoms with Crippen LogP contribution in [0.3, 0.4) is 0 Å². The first-order valence-corrected chi connectivity index (χ1v) is 16.8. The van der Waals surface area contributed by atoms with E-state index in [2.05, 4.69) is 20.8 Å². The summed E-state index contributed by atoms with van der Waals surface area (Å²) >= 11 is 0. The maximum Gasteiger partial charge on any atom is 0.500 e. The Kier molecular flexibility index (Phi) is 31.4. The van der Waals surface area contributed by atoms with Gasteiger partial charge in [-0.05, 0) is 39.5 Å². The summed E-state index contributed by atoms with van der Waals surface area (Å²) < 4.78 is 16.7. The van der Waals surface area contributed by atoms with Gasteiger partial charge in [0, 0.05) is 32.9 Å². The van der Waals surface area contributed by atoms with E-state index >= 15 is 0 Å². The average Bonchev–Trinajstić information content (AvgIpc) is 2.84. The zero-order chi connectivity index (χ0) is 27.7. The summed E-state index contributed by atoms with van der Waals surface area (Å²) in [6.07, 6.45) is 22.4. The molecule has 2 unspecified atom stereocenters. The third-order valence-electron chi connectivity index (χ3n) is 6.82. The number of rotatable bonds is 24. The summed E-state index contributed by atoms with van der Waals surface area (Å²) in [5.41, 5.74) is 6.25. The van der Waals surface area contributed by atoms with E-state index in [1.165, 1.54) is 103 Å². The fourth-order valence-corrected chi connectivity index (χ4v) is 6.46. The monoisotopic (exact) mass is 571 g/mol. The lowest BCUT2D eigenvalue weighted by atomic mass is 9.85. The Morgan fingerprint density at radius 2 is 1.08 bits per heavy atom. The first kappa shape index (κ1) is 41.7. The van der Waals surface area contributed by atoms with Gasteiger partial charge in [-0.3, -0.25) is 0 Å². The third kappa shape index (κ3) is 29.1. The molecule has 0 spiro atoms. The zero-order valence-electron chi connectivity index (χ0n) is 25.7. The molecule has 0 heterocycles. The van der Waals surface area contributed by atoms with Gasteiger partial charge in [-0.25, -0.2) is 0 Å². The van der Waals surface area contributed by atoms with E-state index in [0.717, 1.165) is 18.9 Å². The summed E-state index contributed by atoms with van der Waals surface area (Å²) in [6, 6.07) is 0.886. The van der Waals surface area contributed by atoms with Crippen molar-refractivity contribution in [3.8, 4) is 0 Å². The van der Waals surface area contributed by atoms with Crippen molar-refractivity contribution in [1.29, 1.82) is 0 Å². The molecule has 0 aromatic heterocycles. The van der Waals surface area contributed by atoms with E-state index in [9.17, 15) is 0 Å². The minimum absolute atomic E-state index is 0. The van der Waals surface area contributed by atoms with Gasteiger partial charge in [0.15, 0.2) is 0 Å². The fraction of sp³-hybridized carbons (Fsp3) is 1.00. The van der Waals surface area contributed by atoms with Gasteiger partial charge >= 0.3 is 8.80 Å². The molecule has 0 rings (SSSR count). The highest BCUT2D eigenvalue weighted by molar-refractivity contribution is 6.60. The van der Waals surface area contributed by atoms with Gasteiger partial charge < -0.3 is 29.2 Å². The standard InChI is InChI=1S/C26H57NO3Si.C3H8O2.ClH/c1-7-8-9-10-11-12-13-14-15-16-17-18-19-21-25(24-26(2,3)27)22-20-23-31(28-4,29-5)30-6;1-3(5)2-4;/h25H,7-24,27H2,1-6H3;3-5H,2H2,1H3;1H. The number of unbranched alkanes of at least 4 members (excludes halogenated alkanes) is 12. The van der Waals surface area contributed by atoms with Gasteiger partial charge in [-0.2, -0.15) is 0 Å². The molecular weight excluding hydrogens is 506 g/mol. The van der Waals surface area contributed by atoms with Crippen LogP contribution in [0.2, 0.25) is 6.04 Å². The summed E-state index contributed by atoms with van der Waals surface area (Å²) in [5.74, 6) is 0.685. The van der Waals surface area contributed by atoms with Crippen LogP contribution in [0.5, 0.6) is 0 Å². The van der Waals surface area contributed by atoms with Crippen LogP contribution in [0.4, 0.5) is 0 Å². The second-order valence-electron chi connectivity index (χ2n) is 11.3. The van der Waals surface area contributed by atoms with Gasteiger partial charge in [0.1, 0.15) is 0 Å². The number of halogens is 1. The maximum absolute atomic E-state index is 8.11. The van der Waals surface area contributed by atoms with Crippen LogP contribution >= 0.6 is 12.4 Å². The smallest absolute Gasteiger partial charge is 0.394 e. The Morgan fingerprint density at radius 3 is 1.41 bits per heavy atom.